The van der Waals surface area contributed by atoms with Gasteiger partial charge in [-0.1, -0.05) is 19.1 Å². The van der Waals surface area contributed by atoms with Crippen molar-refractivity contribution in [1.29, 1.82) is 0 Å². The highest BCUT2D eigenvalue weighted by molar-refractivity contribution is 5.36. The molecule has 0 aliphatic carbocycles. The molecular formula is C16H21N3O2. The molecule has 0 saturated carbocycles. The monoisotopic (exact) mass is 287 g/mol. The minimum absolute atomic E-state index is 0.0608. The SMILES string of the molecule is CCNC(c1ccc(OCC)cc1)c1nccnc1OC. The summed E-state index contributed by atoms with van der Waals surface area (Å²) in [6.07, 6.45) is 3.31. The molecular weight excluding hydrogens is 266 g/mol. The molecule has 1 heterocycles. The molecule has 1 aromatic heterocycles. The van der Waals surface area contributed by atoms with Gasteiger partial charge < -0.3 is 14.8 Å². The van der Waals surface area contributed by atoms with Crippen molar-refractivity contribution < 1.29 is 9.47 Å². The standard InChI is InChI=1S/C16H21N3O2/c1-4-17-14(15-16(20-3)19-11-10-18-15)12-6-8-13(9-7-12)21-5-2/h6-11,14,17H,4-5H2,1-3H3. The maximum Gasteiger partial charge on any atom is 0.237 e. The zero-order valence-corrected chi connectivity index (χ0v) is 12.7. The molecule has 1 atom stereocenters. The summed E-state index contributed by atoms with van der Waals surface area (Å²) in [6.45, 7) is 5.51. The number of nitrogens with zero attached hydrogens (tertiary/aromatic N) is 2. The van der Waals surface area contributed by atoms with Crippen molar-refractivity contribution in [1.82, 2.24) is 15.3 Å². The second-order valence-electron chi connectivity index (χ2n) is 4.44. The van der Waals surface area contributed by atoms with Crippen LogP contribution in [0, 0.1) is 0 Å². The van der Waals surface area contributed by atoms with Gasteiger partial charge in [-0.15, -0.1) is 0 Å². The average molecular weight is 287 g/mol. The fourth-order valence-corrected chi connectivity index (χ4v) is 2.19. The smallest absolute Gasteiger partial charge is 0.237 e. The molecule has 1 unspecified atom stereocenters. The maximum absolute atomic E-state index is 5.48. The van der Waals surface area contributed by atoms with Crippen LogP contribution in [0.1, 0.15) is 31.1 Å². The van der Waals surface area contributed by atoms with Gasteiger partial charge in [-0.2, -0.15) is 0 Å². The lowest BCUT2D eigenvalue weighted by molar-refractivity contribution is 0.340. The van der Waals surface area contributed by atoms with Gasteiger partial charge in [-0.05, 0) is 31.2 Å². The van der Waals surface area contributed by atoms with E-state index >= 15 is 0 Å². The highest BCUT2D eigenvalue weighted by atomic mass is 16.5. The van der Waals surface area contributed by atoms with E-state index in [-0.39, 0.29) is 6.04 Å². The summed E-state index contributed by atoms with van der Waals surface area (Å²) in [6, 6.07) is 7.94. The number of ether oxygens (including phenoxy) is 2. The van der Waals surface area contributed by atoms with Crippen LogP contribution in [0.4, 0.5) is 0 Å². The van der Waals surface area contributed by atoms with Crippen molar-refractivity contribution in [3.8, 4) is 11.6 Å². The fraction of sp³-hybridized carbons (Fsp3) is 0.375. The molecule has 0 aliphatic rings. The predicted octanol–water partition coefficient (Wildman–Crippen LogP) is 2.58. The van der Waals surface area contributed by atoms with Gasteiger partial charge in [-0.25, -0.2) is 4.98 Å². The Morgan fingerprint density at radius 2 is 1.81 bits per heavy atom. The maximum atomic E-state index is 5.48. The van der Waals surface area contributed by atoms with Crippen LogP contribution in [-0.4, -0.2) is 30.2 Å². The van der Waals surface area contributed by atoms with E-state index < -0.39 is 0 Å². The lowest BCUT2D eigenvalue weighted by atomic mass is 10.0. The van der Waals surface area contributed by atoms with Crippen molar-refractivity contribution in [3.05, 3.63) is 47.9 Å². The normalized spacial score (nSPS) is 12.0. The van der Waals surface area contributed by atoms with Crippen molar-refractivity contribution in [2.24, 2.45) is 0 Å². The van der Waals surface area contributed by atoms with Gasteiger partial charge in [0.25, 0.3) is 0 Å². The molecule has 2 rings (SSSR count). The number of hydrogen-bond acceptors (Lipinski definition) is 5. The Morgan fingerprint density at radius 1 is 1.10 bits per heavy atom. The van der Waals surface area contributed by atoms with Crippen molar-refractivity contribution in [3.63, 3.8) is 0 Å². The summed E-state index contributed by atoms with van der Waals surface area (Å²) >= 11 is 0. The second kappa shape index (κ2) is 7.59. The summed E-state index contributed by atoms with van der Waals surface area (Å²) in [5.74, 6) is 1.40. The molecule has 0 aliphatic heterocycles. The zero-order valence-electron chi connectivity index (χ0n) is 12.7. The van der Waals surface area contributed by atoms with E-state index in [1.165, 1.54) is 0 Å². The van der Waals surface area contributed by atoms with Crippen LogP contribution in [0.25, 0.3) is 0 Å². The molecule has 1 N–H and O–H groups in total. The number of aromatic nitrogens is 2. The van der Waals surface area contributed by atoms with Gasteiger partial charge in [0.2, 0.25) is 5.88 Å². The highest BCUT2D eigenvalue weighted by Crippen LogP contribution is 2.27. The van der Waals surface area contributed by atoms with Crippen LogP contribution in [-0.2, 0) is 0 Å². The summed E-state index contributed by atoms with van der Waals surface area (Å²) in [5.41, 5.74) is 1.88. The molecule has 5 nitrogen and oxygen atoms in total. The van der Waals surface area contributed by atoms with E-state index in [0.717, 1.165) is 23.6 Å². The molecule has 21 heavy (non-hydrogen) atoms. The summed E-state index contributed by atoms with van der Waals surface area (Å²) in [7, 11) is 1.61. The third kappa shape index (κ3) is 3.70. The number of nitrogens with one attached hydrogen (secondary N) is 1. The van der Waals surface area contributed by atoms with E-state index in [1.54, 1.807) is 19.5 Å². The Hall–Kier alpha value is -2.14. The molecule has 0 fully saturated rings. The van der Waals surface area contributed by atoms with Crippen LogP contribution in [0.15, 0.2) is 36.7 Å². The van der Waals surface area contributed by atoms with Crippen LogP contribution in [0.5, 0.6) is 11.6 Å². The lowest BCUT2D eigenvalue weighted by Gasteiger charge is -2.19. The first-order chi connectivity index (χ1) is 10.3. The largest absolute Gasteiger partial charge is 0.494 e. The molecule has 2 aromatic rings. The quantitative estimate of drug-likeness (QED) is 0.848. The Morgan fingerprint density at radius 3 is 2.43 bits per heavy atom. The topological polar surface area (TPSA) is 56.3 Å². The van der Waals surface area contributed by atoms with Crippen LogP contribution in [0.2, 0.25) is 0 Å². The van der Waals surface area contributed by atoms with Gasteiger partial charge in [0, 0.05) is 12.4 Å². The molecule has 5 heteroatoms. The van der Waals surface area contributed by atoms with Crippen LogP contribution >= 0.6 is 0 Å². The minimum atomic E-state index is -0.0608. The molecule has 1 aromatic carbocycles. The fourth-order valence-electron chi connectivity index (χ4n) is 2.19. The lowest BCUT2D eigenvalue weighted by Crippen LogP contribution is -2.23. The van der Waals surface area contributed by atoms with Crippen LogP contribution in [0.3, 0.4) is 0 Å². The number of benzene rings is 1. The molecule has 0 radical (unpaired) electrons. The van der Waals surface area contributed by atoms with E-state index in [9.17, 15) is 0 Å². The van der Waals surface area contributed by atoms with Crippen molar-refractivity contribution >= 4 is 0 Å². The van der Waals surface area contributed by atoms with E-state index in [2.05, 4.69) is 22.2 Å². The van der Waals surface area contributed by atoms with Crippen molar-refractivity contribution in [2.75, 3.05) is 20.3 Å². The highest BCUT2D eigenvalue weighted by Gasteiger charge is 2.19. The first-order valence-corrected chi connectivity index (χ1v) is 7.11. The summed E-state index contributed by atoms with van der Waals surface area (Å²) in [4.78, 5) is 8.65. The molecule has 112 valence electrons. The zero-order chi connectivity index (χ0) is 15.1. The number of methoxy groups -OCH3 is 1. The first-order valence-electron chi connectivity index (χ1n) is 7.11. The summed E-state index contributed by atoms with van der Waals surface area (Å²) < 4.78 is 10.8. The Bertz CT molecular complexity index is 558. The first kappa shape index (κ1) is 15.3. The van der Waals surface area contributed by atoms with E-state index in [0.29, 0.717) is 12.5 Å². The average Bonchev–Trinajstić information content (AvgIpc) is 2.54. The second-order valence-corrected chi connectivity index (χ2v) is 4.44. The molecule has 0 saturated heterocycles. The van der Waals surface area contributed by atoms with Gasteiger partial charge in [0.1, 0.15) is 11.4 Å². The number of rotatable bonds is 7. The molecule has 0 spiro atoms. The third-order valence-electron chi connectivity index (χ3n) is 3.09. The van der Waals surface area contributed by atoms with Crippen LogP contribution < -0.4 is 14.8 Å². The van der Waals surface area contributed by atoms with E-state index in [1.807, 2.05) is 31.2 Å². The Kier molecular flexibility index (Phi) is 5.51. The van der Waals surface area contributed by atoms with Gasteiger partial charge in [-0.3, -0.25) is 4.98 Å². The van der Waals surface area contributed by atoms with Crippen molar-refractivity contribution in [2.45, 2.75) is 19.9 Å². The van der Waals surface area contributed by atoms with Gasteiger partial charge in [0.05, 0.1) is 19.8 Å². The third-order valence-corrected chi connectivity index (χ3v) is 3.09. The molecule has 0 amide bonds. The Balaban J connectivity index is 2.33. The van der Waals surface area contributed by atoms with E-state index in [4.69, 9.17) is 9.47 Å². The summed E-state index contributed by atoms with van der Waals surface area (Å²) in [5, 5.41) is 3.42. The van der Waals surface area contributed by atoms with Gasteiger partial charge in [0.15, 0.2) is 0 Å². The predicted molar refractivity (Wildman–Crippen MR) is 81.7 cm³/mol. The number of hydrogen-bond donors (Lipinski definition) is 1. The minimum Gasteiger partial charge on any atom is -0.494 e. The molecule has 0 bridgehead atoms. The Labute approximate surface area is 125 Å². The van der Waals surface area contributed by atoms with Gasteiger partial charge >= 0.3 is 0 Å².